The predicted molar refractivity (Wildman–Crippen MR) is 60.8 cm³/mol. The highest BCUT2D eigenvalue weighted by atomic mass is 16.5. The van der Waals surface area contributed by atoms with Crippen molar-refractivity contribution < 1.29 is 14.6 Å². The zero-order valence-electron chi connectivity index (χ0n) is 9.43. The van der Waals surface area contributed by atoms with Crippen LogP contribution in [0.1, 0.15) is 18.9 Å². The zero-order chi connectivity index (χ0) is 11.7. The molecule has 0 unspecified atom stereocenters. The molecule has 2 rings (SSSR count). The lowest BCUT2D eigenvalue weighted by molar-refractivity contribution is 0.175. The number of hydrogen-bond acceptors (Lipinski definition) is 3. The van der Waals surface area contributed by atoms with Crippen molar-refractivity contribution in [2.45, 2.75) is 25.8 Å². The van der Waals surface area contributed by atoms with E-state index in [1.54, 1.807) is 17.0 Å². The maximum absolute atomic E-state index is 11.7. The number of hydrogen-bond donors (Lipinski definition) is 1. The number of methoxy groups -OCH3 is 1. The summed E-state index contributed by atoms with van der Waals surface area (Å²) in [6, 6.07) is 5.32. The minimum Gasteiger partial charge on any atom is -0.508 e. The molecule has 1 amide bonds. The van der Waals surface area contributed by atoms with Gasteiger partial charge in [-0.05, 0) is 31.9 Å². The summed E-state index contributed by atoms with van der Waals surface area (Å²) in [4.78, 5) is 13.3. The number of carbonyl (C=O) groups excluding carboxylic acids is 1. The standard InChI is InChI=1S/C12H15NO3/c1-8-6-7-9-10(4-3-5-11(9)14)13(8)12(15)16-2/h3-5,8,14H,6-7H2,1-2H3/t8-/m0/s1. The van der Waals surface area contributed by atoms with E-state index in [2.05, 4.69) is 0 Å². The molecule has 1 aromatic carbocycles. The number of rotatable bonds is 0. The molecule has 1 aliphatic heterocycles. The zero-order valence-corrected chi connectivity index (χ0v) is 9.43. The van der Waals surface area contributed by atoms with Gasteiger partial charge in [0.15, 0.2) is 0 Å². The van der Waals surface area contributed by atoms with Gasteiger partial charge in [-0.3, -0.25) is 4.90 Å². The van der Waals surface area contributed by atoms with E-state index in [0.29, 0.717) is 0 Å². The van der Waals surface area contributed by atoms with Gasteiger partial charge >= 0.3 is 6.09 Å². The van der Waals surface area contributed by atoms with E-state index >= 15 is 0 Å². The number of aromatic hydroxyl groups is 1. The van der Waals surface area contributed by atoms with Gasteiger partial charge in [-0.1, -0.05) is 6.07 Å². The lowest BCUT2D eigenvalue weighted by atomic mass is 9.96. The molecule has 1 atom stereocenters. The molecule has 16 heavy (non-hydrogen) atoms. The summed E-state index contributed by atoms with van der Waals surface area (Å²) in [5.41, 5.74) is 1.58. The highest BCUT2D eigenvalue weighted by Gasteiger charge is 2.30. The fourth-order valence-corrected chi connectivity index (χ4v) is 2.14. The van der Waals surface area contributed by atoms with Crippen LogP contribution >= 0.6 is 0 Å². The van der Waals surface area contributed by atoms with Crippen LogP contribution in [0.4, 0.5) is 10.5 Å². The number of nitrogens with zero attached hydrogens (tertiary/aromatic N) is 1. The molecule has 0 aromatic heterocycles. The van der Waals surface area contributed by atoms with Gasteiger partial charge in [0.1, 0.15) is 5.75 Å². The SMILES string of the molecule is COC(=O)N1c2cccc(O)c2CC[C@@H]1C. The molecule has 0 fully saturated rings. The van der Waals surface area contributed by atoms with Gasteiger partial charge in [0.25, 0.3) is 0 Å². The Hall–Kier alpha value is -1.71. The number of fused-ring (bicyclic) bond motifs is 1. The van der Waals surface area contributed by atoms with Crippen LogP contribution in [0, 0.1) is 0 Å². The Labute approximate surface area is 94.4 Å². The molecule has 1 heterocycles. The van der Waals surface area contributed by atoms with Crippen molar-refractivity contribution in [2.24, 2.45) is 0 Å². The average Bonchev–Trinajstić information content (AvgIpc) is 2.28. The highest BCUT2D eigenvalue weighted by Crippen LogP contribution is 2.36. The van der Waals surface area contributed by atoms with Crippen molar-refractivity contribution in [2.75, 3.05) is 12.0 Å². The van der Waals surface area contributed by atoms with Crippen LogP contribution in [-0.2, 0) is 11.2 Å². The first-order valence-electron chi connectivity index (χ1n) is 5.33. The van der Waals surface area contributed by atoms with E-state index in [0.717, 1.165) is 24.1 Å². The second-order valence-electron chi connectivity index (χ2n) is 4.00. The largest absolute Gasteiger partial charge is 0.508 e. The van der Waals surface area contributed by atoms with Crippen LogP contribution in [0.5, 0.6) is 5.75 Å². The van der Waals surface area contributed by atoms with Crippen molar-refractivity contribution in [3.63, 3.8) is 0 Å². The van der Waals surface area contributed by atoms with Gasteiger partial charge in [0.05, 0.1) is 12.8 Å². The molecule has 86 valence electrons. The molecule has 0 saturated carbocycles. The van der Waals surface area contributed by atoms with Gasteiger partial charge in [-0.15, -0.1) is 0 Å². The smallest absolute Gasteiger partial charge is 0.414 e. The number of phenols is 1. The van der Waals surface area contributed by atoms with Crippen LogP contribution in [-0.4, -0.2) is 24.4 Å². The molecule has 0 bridgehead atoms. The first kappa shape index (κ1) is 10.8. The molecule has 1 N–H and O–H groups in total. The number of benzene rings is 1. The second kappa shape index (κ2) is 4.04. The lowest BCUT2D eigenvalue weighted by Crippen LogP contribution is -2.42. The predicted octanol–water partition coefficient (Wildman–Crippen LogP) is 2.30. The Balaban J connectivity index is 2.48. The molecule has 1 aromatic rings. The van der Waals surface area contributed by atoms with E-state index in [4.69, 9.17) is 4.74 Å². The molecule has 0 radical (unpaired) electrons. The Morgan fingerprint density at radius 1 is 1.56 bits per heavy atom. The van der Waals surface area contributed by atoms with Crippen molar-refractivity contribution in [1.82, 2.24) is 0 Å². The number of ether oxygens (including phenoxy) is 1. The van der Waals surface area contributed by atoms with Gasteiger partial charge in [0.2, 0.25) is 0 Å². The minimum atomic E-state index is -0.376. The Bertz CT molecular complexity index is 417. The Morgan fingerprint density at radius 2 is 2.31 bits per heavy atom. The molecule has 0 aliphatic carbocycles. The second-order valence-corrected chi connectivity index (χ2v) is 4.00. The Morgan fingerprint density at radius 3 is 3.00 bits per heavy atom. The maximum Gasteiger partial charge on any atom is 0.414 e. The first-order chi connectivity index (χ1) is 7.65. The third kappa shape index (κ3) is 1.60. The average molecular weight is 221 g/mol. The van der Waals surface area contributed by atoms with Gasteiger partial charge in [-0.25, -0.2) is 4.79 Å². The third-order valence-electron chi connectivity index (χ3n) is 3.01. The molecule has 1 aliphatic rings. The first-order valence-corrected chi connectivity index (χ1v) is 5.33. The van der Waals surface area contributed by atoms with Crippen LogP contribution in [0.15, 0.2) is 18.2 Å². The number of anilines is 1. The quantitative estimate of drug-likeness (QED) is 0.731. The summed E-state index contributed by atoms with van der Waals surface area (Å²) in [5.74, 6) is 0.248. The summed E-state index contributed by atoms with van der Waals surface area (Å²) in [5, 5.41) is 9.74. The molecular formula is C12H15NO3. The fraction of sp³-hybridized carbons (Fsp3) is 0.417. The Kier molecular flexibility index (Phi) is 2.73. The van der Waals surface area contributed by atoms with E-state index < -0.39 is 0 Å². The summed E-state index contributed by atoms with van der Waals surface area (Å²) >= 11 is 0. The lowest BCUT2D eigenvalue weighted by Gasteiger charge is -2.34. The van der Waals surface area contributed by atoms with Crippen LogP contribution < -0.4 is 4.90 Å². The normalized spacial score (nSPS) is 19.1. The van der Waals surface area contributed by atoms with E-state index in [-0.39, 0.29) is 17.9 Å². The molecular weight excluding hydrogens is 206 g/mol. The van der Waals surface area contributed by atoms with Crippen LogP contribution in [0.3, 0.4) is 0 Å². The summed E-state index contributed by atoms with van der Waals surface area (Å²) in [6.45, 7) is 1.98. The topological polar surface area (TPSA) is 49.8 Å². The van der Waals surface area contributed by atoms with E-state index in [1.165, 1.54) is 7.11 Å². The highest BCUT2D eigenvalue weighted by molar-refractivity contribution is 5.90. The summed E-state index contributed by atoms with van der Waals surface area (Å²) < 4.78 is 4.76. The third-order valence-corrected chi connectivity index (χ3v) is 3.01. The van der Waals surface area contributed by atoms with Gasteiger partial charge in [0, 0.05) is 11.6 Å². The summed E-state index contributed by atoms with van der Waals surface area (Å²) in [7, 11) is 1.37. The molecule has 4 nitrogen and oxygen atoms in total. The van der Waals surface area contributed by atoms with Gasteiger partial charge in [-0.2, -0.15) is 0 Å². The van der Waals surface area contributed by atoms with E-state index in [9.17, 15) is 9.90 Å². The van der Waals surface area contributed by atoms with Crippen LogP contribution in [0.25, 0.3) is 0 Å². The van der Waals surface area contributed by atoms with Crippen molar-refractivity contribution in [1.29, 1.82) is 0 Å². The monoisotopic (exact) mass is 221 g/mol. The van der Waals surface area contributed by atoms with E-state index in [1.807, 2.05) is 13.0 Å². The number of phenolic OH excluding ortho intramolecular Hbond substituents is 1. The number of carbonyl (C=O) groups is 1. The molecule has 4 heteroatoms. The van der Waals surface area contributed by atoms with Gasteiger partial charge < -0.3 is 9.84 Å². The minimum absolute atomic E-state index is 0.0988. The van der Waals surface area contributed by atoms with Crippen LogP contribution in [0.2, 0.25) is 0 Å². The van der Waals surface area contributed by atoms with Crippen molar-refractivity contribution in [3.8, 4) is 5.75 Å². The van der Waals surface area contributed by atoms with Crippen molar-refractivity contribution in [3.05, 3.63) is 23.8 Å². The molecule has 0 spiro atoms. The number of amides is 1. The maximum atomic E-state index is 11.7. The molecule has 0 saturated heterocycles. The fourth-order valence-electron chi connectivity index (χ4n) is 2.14. The van der Waals surface area contributed by atoms with Crippen molar-refractivity contribution >= 4 is 11.8 Å². The summed E-state index contributed by atoms with van der Waals surface area (Å²) in [6.07, 6.45) is 1.25.